The molecule has 0 saturated carbocycles. The summed E-state index contributed by atoms with van der Waals surface area (Å²) in [6.45, 7) is 4.76. The van der Waals surface area contributed by atoms with Gasteiger partial charge in [-0.25, -0.2) is 4.39 Å². The molecule has 0 N–H and O–H groups in total. The molecule has 0 spiro atoms. The third kappa shape index (κ3) is 4.52. The molecule has 0 aliphatic rings. The Bertz CT molecular complexity index is 1430. The summed E-state index contributed by atoms with van der Waals surface area (Å²) in [4.78, 5) is 29.5. The van der Waals surface area contributed by atoms with Gasteiger partial charge in [-0.1, -0.05) is 29.5 Å². The molecule has 2 aromatic carbocycles. The largest absolute Gasteiger partial charge is 0.490 e. The molecule has 0 aliphatic heterocycles. The number of hydrogen-bond donors (Lipinski definition) is 0. The number of ether oxygens (including phenoxy) is 2. The van der Waals surface area contributed by atoms with Crippen molar-refractivity contribution in [1.29, 1.82) is 0 Å². The maximum absolute atomic E-state index is 13.1. The van der Waals surface area contributed by atoms with E-state index in [0.717, 1.165) is 21.4 Å². The van der Waals surface area contributed by atoms with Crippen molar-refractivity contribution in [2.75, 3.05) is 13.2 Å². The van der Waals surface area contributed by atoms with Crippen LogP contribution in [-0.4, -0.2) is 27.8 Å². The van der Waals surface area contributed by atoms with Crippen LogP contribution in [0.1, 0.15) is 30.7 Å². The van der Waals surface area contributed by atoms with Gasteiger partial charge >= 0.3 is 0 Å². The Morgan fingerprint density at radius 3 is 2.47 bits per heavy atom. The standard InChI is InChI=1S/C23H20FN3O4S/c1-3-30-18-10-7-15(12-19(18)31-4-2)13-20-22(29)27-23(32-20)25-21(28)17(26-27)11-14-5-8-16(24)9-6-14/h5-10,12-13H,3-4,11H2,1-2H3. The van der Waals surface area contributed by atoms with Crippen molar-refractivity contribution in [2.24, 2.45) is 0 Å². The number of thiazole rings is 1. The normalized spacial score (nSPS) is 11.8. The van der Waals surface area contributed by atoms with Crippen LogP contribution >= 0.6 is 11.3 Å². The van der Waals surface area contributed by atoms with Crippen LogP contribution in [0.5, 0.6) is 11.5 Å². The van der Waals surface area contributed by atoms with Gasteiger partial charge < -0.3 is 9.47 Å². The number of halogens is 1. The first-order valence-corrected chi connectivity index (χ1v) is 10.9. The van der Waals surface area contributed by atoms with Crippen molar-refractivity contribution < 1.29 is 13.9 Å². The number of nitrogens with zero attached hydrogens (tertiary/aromatic N) is 3. The Labute approximate surface area is 186 Å². The SMILES string of the molecule is CCOc1ccc(C=c2sc3nc(=O)c(Cc4ccc(F)cc4)nn3c2=O)cc1OCC. The molecule has 4 rings (SSSR count). The molecule has 0 amide bonds. The van der Waals surface area contributed by atoms with Crippen LogP contribution in [0.15, 0.2) is 52.1 Å². The zero-order valence-electron chi connectivity index (χ0n) is 17.5. The van der Waals surface area contributed by atoms with Crippen molar-refractivity contribution in [3.8, 4) is 11.5 Å². The second-order valence-electron chi connectivity index (χ2n) is 6.85. The van der Waals surface area contributed by atoms with Crippen LogP contribution in [0.3, 0.4) is 0 Å². The number of fused-ring (bicyclic) bond motifs is 1. The van der Waals surface area contributed by atoms with Crippen molar-refractivity contribution in [1.82, 2.24) is 14.6 Å². The molecule has 0 bridgehead atoms. The summed E-state index contributed by atoms with van der Waals surface area (Å²) in [5.41, 5.74) is 0.682. The van der Waals surface area contributed by atoms with Crippen molar-refractivity contribution >= 4 is 22.4 Å². The van der Waals surface area contributed by atoms with Crippen molar-refractivity contribution in [3.63, 3.8) is 0 Å². The highest BCUT2D eigenvalue weighted by Gasteiger charge is 2.12. The second-order valence-corrected chi connectivity index (χ2v) is 7.86. The van der Waals surface area contributed by atoms with E-state index in [0.29, 0.717) is 34.8 Å². The van der Waals surface area contributed by atoms with E-state index in [1.165, 1.54) is 12.1 Å². The lowest BCUT2D eigenvalue weighted by Gasteiger charge is -2.11. The Balaban J connectivity index is 1.74. The minimum Gasteiger partial charge on any atom is -0.490 e. The number of benzene rings is 2. The lowest BCUT2D eigenvalue weighted by molar-refractivity contribution is 0.287. The molecule has 0 radical (unpaired) electrons. The molecule has 0 saturated heterocycles. The molecule has 164 valence electrons. The fourth-order valence-electron chi connectivity index (χ4n) is 3.16. The van der Waals surface area contributed by atoms with E-state index in [1.807, 2.05) is 19.9 Å². The third-order valence-corrected chi connectivity index (χ3v) is 5.56. The van der Waals surface area contributed by atoms with Crippen LogP contribution < -0.4 is 25.1 Å². The first kappa shape index (κ1) is 21.6. The quantitative estimate of drug-likeness (QED) is 0.428. The van der Waals surface area contributed by atoms with Gasteiger partial charge in [-0.2, -0.15) is 14.6 Å². The first-order valence-electron chi connectivity index (χ1n) is 10.1. The van der Waals surface area contributed by atoms with Gasteiger partial charge in [0.25, 0.3) is 11.1 Å². The fraction of sp³-hybridized carbons (Fsp3) is 0.217. The van der Waals surface area contributed by atoms with Gasteiger partial charge in [0.05, 0.1) is 17.7 Å². The summed E-state index contributed by atoms with van der Waals surface area (Å²) < 4.78 is 25.9. The number of aromatic nitrogens is 3. The molecule has 9 heteroatoms. The summed E-state index contributed by atoms with van der Waals surface area (Å²) in [7, 11) is 0. The molecule has 0 aliphatic carbocycles. The highest BCUT2D eigenvalue weighted by atomic mass is 32.1. The molecule has 0 fully saturated rings. The molecule has 0 unspecified atom stereocenters. The van der Waals surface area contributed by atoms with Gasteiger partial charge in [-0.3, -0.25) is 9.59 Å². The monoisotopic (exact) mass is 453 g/mol. The Morgan fingerprint density at radius 1 is 1.03 bits per heavy atom. The van der Waals surface area contributed by atoms with Crippen molar-refractivity contribution in [2.45, 2.75) is 20.3 Å². The zero-order valence-corrected chi connectivity index (χ0v) is 18.3. The summed E-state index contributed by atoms with van der Waals surface area (Å²) in [6.07, 6.45) is 1.85. The van der Waals surface area contributed by atoms with Crippen LogP contribution in [-0.2, 0) is 6.42 Å². The lowest BCUT2D eigenvalue weighted by Crippen LogP contribution is -2.28. The third-order valence-electron chi connectivity index (χ3n) is 4.60. The summed E-state index contributed by atoms with van der Waals surface area (Å²) in [5, 5.41) is 4.22. The van der Waals surface area contributed by atoms with Gasteiger partial charge in [0.1, 0.15) is 11.5 Å². The van der Waals surface area contributed by atoms with E-state index < -0.39 is 5.56 Å². The van der Waals surface area contributed by atoms with E-state index >= 15 is 0 Å². The predicted molar refractivity (Wildman–Crippen MR) is 120 cm³/mol. The highest BCUT2D eigenvalue weighted by molar-refractivity contribution is 7.15. The lowest BCUT2D eigenvalue weighted by atomic mass is 10.1. The number of hydrogen-bond acceptors (Lipinski definition) is 7. The minimum absolute atomic E-state index is 0.121. The highest BCUT2D eigenvalue weighted by Crippen LogP contribution is 2.28. The summed E-state index contributed by atoms with van der Waals surface area (Å²) >= 11 is 1.08. The molecule has 2 aromatic heterocycles. The summed E-state index contributed by atoms with van der Waals surface area (Å²) in [5.74, 6) is 0.849. The zero-order chi connectivity index (χ0) is 22.7. The van der Waals surface area contributed by atoms with Gasteiger partial charge in [0, 0.05) is 6.42 Å². The van der Waals surface area contributed by atoms with E-state index in [9.17, 15) is 14.0 Å². The van der Waals surface area contributed by atoms with Crippen LogP contribution in [0, 0.1) is 5.82 Å². The summed E-state index contributed by atoms with van der Waals surface area (Å²) in [6, 6.07) is 11.2. The van der Waals surface area contributed by atoms with Gasteiger partial charge in [0.2, 0.25) is 4.96 Å². The molecule has 2 heterocycles. The average molecular weight is 453 g/mol. The van der Waals surface area contributed by atoms with E-state index in [2.05, 4.69) is 10.1 Å². The number of rotatable bonds is 7. The van der Waals surface area contributed by atoms with E-state index in [-0.39, 0.29) is 28.5 Å². The predicted octanol–water partition coefficient (Wildman–Crippen LogP) is 2.59. The smallest absolute Gasteiger partial charge is 0.296 e. The van der Waals surface area contributed by atoms with Crippen LogP contribution in [0.4, 0.5) is 4.39 Å². The second kappa shape index (κ2) is 9.27. The topological polar surface area (TPSA) is 82.8 Å². The van der Waals surface area contributed by atoms with Crippen LogP contribution in [0.25, 0.3) is 11.0 Å². The maximum Gasteiger partial charge on any atom is 0.296 e. The van der Waals surface area contributed by atoms with Crippen molar-refractivity contribution in [3.05, 3.63) is 90.3 Å². The van der Waals surface area contributed by atoms with Gasteiger partial charge in [0.15, 0.2) is 11.5 Å². The Morgan fingerprint density at radius 2 is 1.75 bits per heavy atom. The van der Waals surface area contributed by atoms with Gasteiger partial charge in [-0.15, -0.1) is 0 Å². The molecule has 4 aromatic rings. The van der Waals surface area contributed by atoms with Crippen LogP contribution in [0.2, 0.25) is 0 Å². The molecule has 7 nitrogen and oxygen atoms in total. The minimum atomic E-state index is -0.512. The Hall–Kier alpha value is -3.59. The first-order chi connectivity index (χ1) is 15.5. The molecule has 0 atom stereocenters. The molecule has 32 heavy (non-hydrogen) atoms. The van der Waals surface area contributed by atoms with Gasteiger partial charge in [-0.05, 0) is 55.3 Å². The fourth-order valence-corrected chi connectivity index (χ4v) is 4.06. The van der Waals surface area contributed by atoms with E-state index in [4.69, 9.17) is 9.47 Å². The maximum atomic E-state index is 13.1. The molecular weight excluding hydrogens is 433 g/mol. The average Bonchev–Trinajstić information content (AvgIpc) is 3.06. The Kier molecular flexibility index (Phi) is 6.27. The van der Waals surface area contributed by atoms with E-state index in [1.54, 1.807) is 30.3 Å². The molecular formula is C23H20FN3O4S.